The predicted octanol–water partition coefficient (Wildman–Crippen LogP) is 10.6. The Morgan fingerprint density at radius 2 is 1.11 bits per heavy atom. The highest BCUT2D eigenvalue weighted by atomic mass is 16.5. The Balaban J connectivity index is 1.34. The molecule has 0 saturated heterocycles. The summed E-state index contributed by atoms with van der Waals surface area (Å²) in [7, 11) is 0. The lowest BCUT2D eigenvalue weighted by atomic mass is 10.0. The van der Waals surface area contributed by atoms with Crippen LogP contribution < -0.4 is 10.4 Å². The highest BCUT2D eigenvalue weighted by molar-refractivity contribution is 5.82. The molecule has 0 fully saturated rings. The summed E-state index contributed by atoms with van der Waals surface area (Å²) >= 11 is 0. The summed E-state index contributed by atoms with van der Waals surface area (Å²) in [5.41, 5.74) is 0.918. The van der Waals surface area contributed by atoms with Gasteiger partial charge in [-0.15, -0.1) is 0 Å². The molecule has 1 aromatic heterocycles. The number of unbranched alkanes of at least 4 members (excludes halogenated alkanes) is 20. The first kappa shape index (κ1) is 32.1. The van der Waals surface area contributed by atoms with Gasteiger partial charge in [0.25, 0.3) is 0 Å². The van der Waals surface area contributed by atoms with E-state index in [1.807, 2.05) is 13.0 Å². The molecule has 214 valence electrons. The Morgan fingerprint density at radius 1 is 0.658 bits per heavy atom. The van der Waals surface area contributed by atoms with Crippen molar-refractivity contribution in [2.45, 2.75) is 155 Å². The van der Waals surface area contributed by atoms with E-state index in [1.54, 1.807) is 12.1 Å². The number of carbonyl (C=O) groups is 1. The molecule has 0 unspecified atom stereocenters. The van der Waals surface area contributed by atoms with Gasteiger partial charge in [0, 0.05) is 23.9 Å². The van der Waals surface area contributed by atoms with Crippen LogP contribution in [0.5, 0.6) is 5.75 Å². The van der Waals surface area contributed by atoms with Crippen molar-refractivity contribution in [2.75, 3.05) is 0 Å². The monoisotopic (exact) mass is 526 g/mol. The first-order valence-electron chi connectivity index (χ1n) is 15.9. The van der Waals surface area contributed by atoms with E-state index in [0.29, 0.717) is 17.8 Å². The first-order chi connectivity index (χ1) is 18.6. The zero-order chi connectivity index (χ0) is 27.3. The van der Waals surface area contributed by atoms with E-state index in [2.05, 4.69) is 6.92 Å². The van der Waals surface area contributed by atoms with Gasteiger partial charge in [-0.2, -0.15) is 0 Å². The third-order valence-electron chi connectivity index (χ3n) is 7.64. The number of hydrogen-bond acceptors (Lipinski definition) is 4. The zero-order valence-corrected chi connectivity index (χ0v) is 24.5. The van der Waals surface area contributed by atoms with Crippen LogP contribution in [0.3, 0.4) is 0 Å². The zero-order valence-electron chi connectivity index (χ0n) is 24.5. The fourth-order valence-corrected chi connectivity index (χ4v) is 5.25. The molecular formula is C34H54O4. The van der Waals surface area contributed by atoms with E-state index >= 15 is 0 Å². The molecule has 1 heterocycles. The Morgan fingerprint density at radius 3 is 1.58 bits per heavy atom. The highest BCUT2D eigenvalue weighted by Crippen LogP contribution is 2.23. The lowest BCUT2D eigenvalue weighted by molar-refractivity contribution is -0.134. The number of hydrogen-bond donors (Lipinski definition) is 0. The van der Waals surface area contributed by atoms with Crippen molar-refractivity contribution >= 4 is 16.9 Å². The second-order valence-corrected chi connectivity index (χ2v) is 11.2. The quantitative estimate of drug-likeness (QED) is 0.0625. The molecule has 2 rings (SSSR count). The van der Waals surface area contributed by atoms with Gasteiger partial charge in [-0.3, -0.25) is 4.79 Å². The fourth-order valence-electron chi connectivity index (χ4n) is 5.25. The molecular weight excluding hydrogens is 472 g/mol. The van der Waals surface area contributed by atoms with Crippen LogP contribution in [0.4, 0.5) is 0 Å². The van der Waals surface area contributed by atoms with Crippen LogP contribution in [-0.4, -0.2) is 5.97 Å². The van der Waals surface area contributed by atoms with Crippen LogP contribution in [-0.2, 0) is 4.79 Å². The van der Waals surface area contributed by atoms with Crippen LogP contribution >= 0.6 is 0 Å². The van der Waals surface area contributed by atoms with E-state index in [0.717, 1.165) is 23.8 Å². The average molecular weight is 527 g/mol. The summed E-state index contributed by atoms with van der Waals surface area (Å²) in [6.07, 6.45) is 28.8. The van der Waals surface area contributed by atoms with Crippen molar-refractivity contribution in [3.05, 3.63) is 40.2 Å². The third kappa shape index (κ3) is 14.7. The lowest BCUT2D eigenvalue weighted by Gasteiger charge is -2.06. The van der Waals surface area contributed by atoms with Crippen LogP contribution in [0.15, 0.2) is 33.5 Å². The van der Waals surface area contributed by atoms with Gasteiger partial charge in [0.2, 0.25) is 0 Å². The Hall–Kier alpha value is -2.10. The van der Waals surface area contributed by atoms with Crippen LogP contribution in [0.1, 0.15) is 154 Å². The number of aryl methyl sites for hydroxylation is 1. The molecule has 0 spiro atoms. The Kier molecular flexibility index (Phi) is 17.6. The maximum Gasteiger partial charge on any atom is 0.336 e. The minimum Gasteiger partial charge on any atom is -0.426 e. The van der Waals surface area contributed by atoms with Gasteiger partial charge in [-0.05, 0) is 31.0 Å². The van der Waals surface area contributed by atoms with Crippen molar-refractivity contribution < 1.29 is 13.9 Å². The fraction of sp³-hybridized carbons (Fsp3) is 0.706. The third-order valence-corrected chi connectivity index (χ3v) is 7.64. The molecule has 38 heavy (non-hydrogen) atoms. The molecule has 0 radical (unpaired) electrons. The normalized spacial score (nSPS) is 11.3. The van der Waals surface area contributed by atoms with Crippen molar-refractivity contribution in [2.24, 2.45) is 0 Å². The highest BCUT2D eigenvalue weighted by Gasteiger charge is 2.08. The minimum absolute atomic E-state index is 0.225. The number of benzene rings is 1. The van der Waals surface area contributed by atoms with Gasteiger partial charge in [-0.1, -0.05) is 135 Å². The van der Waals surface area contributed by atoms with E-state index in [1.165, 1.54) is 128 Å². The molecule has 0 aliphatic carbocycles. The molecule has 0 atom stereocenters. The number of esters is 1. The van der Waals surface area contributed by atoms with Gasteiger partial charge in [0.1, 0.15) is 11.3 Å². The SMILES string of the molecule is CCCCCCCCCCCCCCCCCCCCCCCC(=O)Oc1ccc2c(C)cc(=O)oc2c1. The van der Waals surface area contributed by atoms with Gasteiger partial charge in [0.15, 0.2) is 0 Å². The first-order valence-corrected chi connectivity index (χ1v) is 15.9. The molecule has 4 nitrogen and oxygen atoms in total. The van der Waals surface area contributed by atoms with E-state index in [-0.39, 0.29) is 5.97 Å². The molecule has 0 bridgehead atoms. The van der Waals surface area contributed by atoms with Gasteiger partial charge < -0.3 is 9.15 Å². The molecule has 0 aliphatic rings. The number of ether oxygens (including phenoxy) is 1. The van der Waals surface area contributed by atoms with Crippen molar-refractivity contribution in [1.82, 2.24) is 0 Å². The van der Waals surface area contributed by atoms with Crippen molar-refractivity contribution in [3.8, 4) is 5.75 Å². The summed E-state index contributed by atoms with van der Waals surface area (Å²) in [6, 6.07) is 6.68. The molecule has 0 saturated carbocycles. The minimum atomic E-state index is -0.391. The number of fused-ring (bicyclic) bond motifs is 1. The standard InChI is InChI=1S/C34H54O4/c1-3-4-5-6-7-8-9-10-11-12-13-14-15-16-17-18-19-20-21-22-23-24-33(35)37-30-25-26-31-29(2)27-34(36)38-32(31)28-30/h25-28H,3-24H2,1-2H3. The molecule has 4 heteroatoms. The molecule has 0 amide bonds. The van der Waals surface area contributed by atoms with Gasteiger partial charge >= 0.3 is 11.6 Å². The van der Waals surface area contributed by atoms with E-state index in [9.17, 15) is 9.59 Å². The Labute approximate surface area is 231 Å². The number of rotatable bonds is 23. The van der Waals surface area contributed by atoms with E-state index < -0.39 is 5.63 Å². The topological polar surface area (TPSA) is 56.5 Å². The predicted molar refractivity (Wildman–Crippen MR) is 160 cm³/mol. The second kappa shape index (κ2) is 20.8. The summed E-state index contributed by atoms with van der Waals surface area (Å²) in [6.45, 7) is 4.15. The van der Waals surface area contributed by atoms with Crippen LogP contribution in [0, 0.1) is 6.92 Å². The van der Waals surface area contributed by atoms with Gasteiger partial charge in [0.05, 0.1) is 0 Å². The Bertz CT molecular complexity index is 945. The van der Waals surface area contributed by atoms with E-state index in [4.69, 9.17) is 9.15 Å². The summed E-state index contributed by atoms with van der Waals surface area (Å²) in [5.74, 6) is 0.205. The largest absolute Gasteiger partial charge is 0.426 e. The summed E-state index contributed by atoms with van der Waals surface area (Å²) in [5, 5.41) is 0.855. The van der Waals surface area contributed by atoms with Crippen LogP contribution in [0.25, 0.3) is 11.0 Å². The molecule has 0 N–H and O–H groups in total. The lowest BCUT2D eigenvalue weighted by Crippen LogP contribution is -2.07. The van der Waals surface area contributed by atoms with Gasteiger partial charge in [-0.25, -0.2) is 4.79 Å². The molecule has 0 aliphatic heterocycles. The summed E-state index contributed by atoms with van der Waals surface area (Å²) in [4.78, 5) is 23.7. The average Bonchev–Trinajstić information content (AvgIpc) is 2.89. The van der Waals surface area contributed by atoms with Crippen molar-refractivity contribution in [3.63, 3.8) is 0 Å². The maximum atomic E-state index is 12.2. The smallest absolute Gasteiger partial charge is 0.336 e. The second-order valence-electron chi connectivity index (χ2n) is 11.2. The van der Waals surface area contributed by atoms with Crippen molar-refractivity contribution in [1.29, 1.82) is 0 Å². The molecule has 1 aromatic carbocycles. The molecule has 2 aromatic rings. The summed E-state index contributed by atoms with van der Waals surface area (Å²) < 4.78 is 10.7. The number of carbonyl (C=O) groups excluding carboxylic acids is 1. The maximum absolute atomic E-state index is 12.2. The van der Waals surface area contributed by atoms with Crippen LogP contribution in [0.2, 0.25) is 0 Å².